The molecule has 0 saturated carbocycles. The highest BCUT2D eigenvalue weighted by Gasteiger charge is 2.13. The van der Waals surface area contributed by atoms with Crippen LogP contribution in [0.25, 0.3) is 0 Å². The zero-order valence-corrected chi connectivity index (χ0v) is 13.4. The van der Waals surface area contributed by atoms with Gasteiger partial charge >= 0.3 is 0 Å². The molecule has 2 aromatic rings. The standard InChI is InChI=1S/C15H14F2N2OS2/c1-2-21-13-8-7-10(9-18-13)14(20)19-11-5-3-4-6-12(11)22-15(16)17/h3-9,15H,2H2,1H3,(H,19,20). The summed E-state index contributed by atoms with van der Waals surface area (Å²) in [5.74, 6) is -2.01. The van der Waals surface area contributed by atoms with Crippen LogP contribution in [0.4, 0.5) is 14.5 Å². The monoisotopic (exact) mass is 340 g/mol. The Morgan fingerprint density at radius 2 is 2.05 bits per heavy atom. The molecule has 3 nitrogen and oxygen atoms in total. The van der Waals surface area contributed by atoms with E-state index in [0.717, 1.165) is 10.8 Å². The van der Waals surface area contributed by atoms with Crippen molar-refractivity contribution in [2.75, 3.05) is 11.1 Å². The summed E-state index contributed by atoms with van der Waals surface area (Å²) in [5, 5.41) is 3.48. The highest BCUT2D eigenvalue weighted by Crippen LogP contribution is 2.31. The van der Waals surface area contributed by atoms with Gasteiger partial charge < -0.3 is 5.32 Å². The number of para-hydroxylation sites is 1. The van der Waals surface area contributed by atoms with Crippen LogP contribution in [0.3, 0.4) is 0 Å². The number of anilines is 1. The summed E-state index contributed by atoms with van der Waals surface area (Å²) in [4.78, 5) is 16.7. The van der Waals surface area contributed by atoms with Gasteiger partial charge in [0.15, 0.2) is 0 Å². The third-order valence-electron chi connectivity index (χ3n) is 2.64. The molecule has 0 radical (unpaired) electrons. The Labute approximate surface area is 135 Å². The number of carbonyl (C=O) groups excluding carboxylic acids is 1. The average Bonchev–Trinajstić information content (AvgIpc) is 2.50. The summed E-state index contributed by atoms with van der Waals surface area (Å²) in [6, 6.07) is 9.91. The second-order valence-electron chi connectivity index (χ2n) is 4.15. The van der Waals surface area contributed by atoms with E-state index in [1.807, 2.05) is 6.92 Å². The predicted octanol–water partition coefficient (Wildman–Crippen LogP) is 4.76. The molecule has 0 aliphatic heterocycles. The third kappa shape index (κ3) is 4.71. The lowest BCUT2D eigenvalue weighted by atomic mass is 10.2. The second kappa shape index (κ2) is 8.14. The fourth-order valence-electron chi connectivity index (χ4n) is 1.71. The third-order valence-corrected chi connectivity index (χ3v) is 4.26. The number of hydrogen-bond acceptors (Lipinski definition) is 4. The van der Waals surface area contributed by atoms with Gasteiger partial charge in [0.2, 0.25) is 0 Å². The number of benzene rings is 1. The van der Waals surface area contributed by atoms with Crippen LogP contribution >= 0.6 is 23.5 Å². The van der Waals surface area contributed by atoms with Crippen LogP contribution in [-0.4, -0.2) is 22.4 Å². The van der Waals surface area contributed by atoms with E-state index >= 15 is 0 Å². The van der Waals surface area contributed by atoms with Crippen molar-refractivity contribution >= 4 is 35.1 Å². The minimum Gasteiger partial charge on any atom is -0.321 e. The Morgan fingerprint density at radius 1 is 1.27 bits per heavy atom. The fraction of sp³-hybridized carbons (Fsp3) is 0.200. The van der Waals surface area contributed by atoms with Crippen molar-refractivity contribution in [3.63, 3.8) is 0 Å². The summed E-state index contributed by atoms with van der Waals surface area (Å²) in [5.41, 5.74) is 0.752. The largest absolute Gasteiger partial charge is 0.321 e. The molecule has 0 aliphatic rings. The molecule has 0 unspecified atom stereocenters. The van der Waals surface area contributed by atoms with Gasteiger partial charge in [-0.3, -0.25) is 4.79 Å². The molecule has 0 bridgehead atoms. The first-order chi connectivity index (χ1) is 10.6. The first-order valence-electron chi connectivity index (χ1n) is 6.54. The molecule has 0 atom stereocenters. The molecule has 7 heteroatoms. The number of hydrogen-bond donors (Lipinski definition) is 1. The maximum atomic E-state index is 12.5. The van der Waals surface area contributed by atoms with Crippen molar-refractivity contribution in [3.05, 3.63) is 48.2 Å². The van der Waals surface area contributed by atoms with Crippen LogP contribution < -0.4 is 5.32 Å². The molecule has 0 aliphatic carbocycles. The van der Waals surface area contributed by atoms with Crippen LogP contribution in [0.1, 0.15) is 17.3 Å². The molecular formula is C15H14F2N2OS2. The van der Waals surface area contributed by atoms with Gasteiger partial charge in [-0.05, 0) is 30.0 Å². The van der Waals surface area contributed by atoms with Crippen LogP contribution in [0, 0.1) is 0 Å². The lowest BCUT2D eigenvalue weighted by molar-refractivity contribution is 0.102. The number of nitrogens with zero attached hydrogens (tertiary/aromatic N) is 1. The van der Waals surface area contributed by atoms with Gasteiger partial charge in [0.1, 0.15) is 0 Å². The van der Waals surface area contributed by atoms with E-state index in [1.54, 1.807) is 48.2 Å². The normalized spacial score (nSPS) is 10.7. The van der Waals surface area contributed by atoms with Crippen molar-refractivity contribution in [1.29, 1.82) is 0 Å². The lowest BCUT2D eigenvalue weighted by Gasteiger charge is -2.10. The fourth-order valence-corrected chi connectivity index (χ4v) is 2.89. The SMILES string of the molecule is CCSc1ccc(C(=O)Nc2ccccc2SC(F)F)cn1. The van der Waals surface area contributed by atoms with E-state index in [1.165, 1.54) is 6.20 Å². The van der Waals surface area contributed by atoms with Crippen molar-refractivity contribution in [3.8, 4) is 0 Å². The van der Waals surface area contributed by atoms with E-state index in [-0.39, 0.29) is 5.91 Å². The van der Waals surface area contributed by atoms with E-state index in [0.29, 0.717) is 27.9 Å². The quantitative estimate of drug-likeness (QED) is 0.770. The molecule has 1 N–H and O–H groups in total. The minimum atomic E-state index is -2.54. The van der Waals surface area contributed by atoms with E-state index in [9.17, 15) is 13.6 Å². The zero-order chi connectivity index (χ0) is 15.9. The molecule has 1 aromatic carbocycles. The predicted molar refractivity (Wildman–Crippen MR) is 86.9 cm³/mol. The molecule has 0 fully saturated rings. The summed E-state index contributed by atoms with van der Waals surface area (Å²) < 4.78 is 25.0. The first-order valence-corrected chi connectivity index (χ1v) is 8.40. The van der Waals surface area contributed by atoms with Gasteiger partial charge in [-0.15, -0.1) is 11.8 Å². The van der Waals surface area contributed by atoms with Crippen molar-refractivity contribution in [2.45, 2.75) is 22.6 Å². The molecule has 0 spiro atoms. The zero-order valence-electron chi connectivity index (χ0n) is 11.8. The topological polar surface area (TPSA) is 42.0 Å². The maximum absolute atomic E-state index is 12.5. The van der Waals surface area contributed by atoms with Crippen molar-refractivity contribution in [2.24, 2.45) is 0 Å². The number of carbonyl (C=O) groups is 1. The van der Waals surface area contributed by atoms with E-state index in [4.69, 9.17) is 0 Å². The molecule has 0 saturated heterocycles. The van der Waals surface area contributed by atoms with Crippen LogP contribution in [-0.2, 0) is 0 Å². The Bertz CT molecular complexity index is 636. The summed E-state index contributed by atoms with van der Waals surface area (Å²) in [7, 11) is 0. The van der Waals surface area contributed by atoms with Crippen molar-refractivity contribution in [1.82, 2.24) is 4.98 Å². The van der Waals surface area contributed by atoms with E-state index in [2.05, 4.69) is 10.3 Å². The number of amides is 1. The van der Waals surface area contributed by atoms with Crippen LogP contribution in [0.15, 0.2) is 52.5 Å². The number of aromatic nitrogens is 1. The van der Waals surface area contributed by atoms with Crippen molar-refractivity contribution < 1.29 is 13.6 Å². The molecule has 1 amide bonds. The molecule has 2 rings (SSSR count). The molecule has 1 heterocycles. The second-order valence-corrected chi connectivity index (χ2v) is 6.46. The average molecular weight is 340 g/mol. The number of nitrogens with one attached hydrogen (secondary N) is 1. The van der Waals surface area contributed by atoms with Gasteiger partial charge in [-0.1, -0.05) is 30.8 Å². The Morgan fingerprint density at radius 3 is 2.68 bits per heavy atom. The Hall–Kier alpha value is -1.60. The smallest absolute Gasteiger partial charge is 0.288 e. The number of pyridine rings is 1. The maximum Gasteiger partial charge on any atom is 0.288 e. The lowest BCUT2D eigenvalue weighted by Crippen LogP contribution is -2.13. The first kappa shape index (κ1) is 16.8. The van der Waals surface area contributed by atoms with Gasteiger partial charge in [-0.2, -0.15) is 8.78 Å². The van der Waals surface area contributed by atoms with Gasteiger partial charge in [0.05, 0.1) is 16.3 Å². The Kier molecular flexibility index (Phi) is 6.21. The highest BCUT2D eigenvalue weighted by atomic mass is 32.2. The number of alkyl halides is 2. The highest BCUT2D eigenvalue weighted by molar-refractivity contribution is 7.99. The Balaban J connectivity index is 2.11. The van der Waals surface area contributed by atoms with E-state index < -0.39 is 5.76 Å². The molecule has 22 heavy (non-hydrogen) atoms. The van der Waals surface area contributed by atoms with Gasteiger partial charge in [0, 0.05) is 11.1 Å². The van der Waals surface area contributed by atoms with Crippen LogP contribution in [0.2, 0.25) is 0 Å². The molecule has 1 aromatic heterocycles. The number of thioether (sulfide) groups is 2. The summed E-state index contributed by atoms with van der Waals surface area (Å²) in [6.07, 6.45) is 1.48. The number of halogens is 2. The summed E-state index contributed by atoms with van der Waals surface area (Å²) in [6.45, 7) is 2.02. The number of rotatable bonds is 6. The molecular weight excluding hydrogens is 326 g/mol. The van der Waals surface area contributed by atoms with Gasteiger partial charge in [-0.25, -0.2) is 4.98 Å². The van der Waals surface area contributed by atoms with Crippen LogP contribution in [0.5, 0.6) is 0 Å². The summed E-state index contributed by atoms with van der Waals surface area (Å²) >= 11 is 1.98. The minimum absolute atomic E-state index is 0.331. The molecule has 116 valence electrons. The van der Waals surface area contributed by atoms with Gasteiger partial charge in [0.25, 0.3) is 11.7 Å².